The molecule has 0 saturated carbocycles. The summed E-state index contributed by atoms with van der Waals surface area (Å²) in [6, 6.07) is 13.4. The third kappa shape index (κ3) is 1.79. The minimum absolute atomic E-state index is 0.156. The number of phenols is 1. The molecule has 15 heavy (non-hydrogen) atoms. The van der Waals surface area contributed by atoms with Crippen LogP contribution in [0, 0.1) is 6.92 Å². The van der Waals surface area contributed by atoms with Crippen molar-refractivity contribution < 1.29 is 5.11 Å². The Labute approximate surface area is 89.0 Å². The van der Waals surface area contributed by atoms with E-state index in [1.54, 1.807) is 6.07 Å². The fourth-order valence-corrected chi connectivity index (χ4v) is 1.61. The molecular formula is C13H13NO. The fraction of sp³-hybridized carbons (Fsp3) is 0.0769. The largest absolute Gasteiger partial charge is 0.505 e. The monoisotopic (exact) mass is 199 g/mol. The van der Waals surface area contributed by atoms with Crippen molar-refractivity contribution in [2.24, 2.45) is 0 Å². The Balaban J connectivity index is 2.59. The molecule has 0 heterocycles. The van der Waals surface area contributed by atoms with Gasteiger partial charge in [-0.3, -0.25) is 0 Å². The summed E-state index contributed by atoms with van der Waals surface area (Å²) in [6.45, 7) is 2.02. The highest BCUT2D eigenvalue weighted by molar-refractivity contribution is 5.76. The molecule has 76 valence electrons. The zero-order valence-corrected chi connectivity index (χ0v) is 8.57. The number of para-hydroxylation sites is 1. The summed E-state index contributed by atoms with van der Waals surface area (Å²) in [5, 5.41) is 9.82. The van der Waals surface area contributed by atoms with Crippen molar-refractivity contribution in [3.8, 4) is 16.9 Å². The average molecular weight is 199 g/mol. The molecule has 0 amide bonds. The number of phenolic OH excluding ortho intramolecular Hbond substituents is 1. The van der Waals surface area contributed by atoms with Crippen LogP contribution in [0.1, 0.15) is 5.56 Å². The lowest BCUT2D eigenvalue weighted by molar-refractivity contribution is 0.480. The lowest BCUT2D eigenvalue weighted by Gasteiger charge is -2.07. The number of anilines is 1. The van der Waals surface area contributed by atoms with Gasteiger partial charge in [-0.25, -0.2) is 0 Å². The predicted molar refractivity (Wildman–Crippen MR) is 62.7 cm³/mol. The second kappa shape index (κ2) is 3.65. The third-order valence-corrected chi connectivity index (χ3v) is 2.40. The molecule has 0 fully saturated rings. The van der Waals surface area contributed by atoms with Crippen LogP contribution in [0.25, 0.3) is 11.1 Å². The maximum absolute atomic E-state index is 9.82. The van der Waals surface area contributed by atoms with Gasteiger partial charge >= 0.3 is 0 Å². The molecule has 0 aliphatic carbocycles. The van der Waals surface area contributed by atoms with Crippen LogP contribution >= 0.6 is 0 Å². The average Bonchev–Trinajstić information content (AvgIpc) is 2.22. The first-order valence-electron chi connectivity index (χ1n) is 4.83. The van der Waals surface area contributed by atoms with Crippen LogP contribution in [0.3, 0.4) is 0 Å². The molecule has 2 aromatic carbocycles. The van der Waals surface area contributed by atoms with E-state index in [1.807, 2.05) is 43.3 Å². The van der Waals surface area contributed by atoms with E-state index in [2.05, 4.69) is 0 Å². The SMILES string of the molecule is Cc1cccc(-c2cccc(N)c2O)c1. The molecule has 0 aliphatic rings. The van der Waals surface area contributed by atoms with Crippen molar-refractivity contribution in [3.05, 3.63) is 48.0 Å². The van der Waals surface area contributed by atoms with Crippen molar-refractivity contribution in [1.29, 1.82) is 0 Å². The molecule has 3 N–H and O–H groups in total. The fourth-order valence-electron chi connectivity index (χ4n) is 1.61. The van der Waals surface area contributed by atoms with E-state index in [9.17, 15) is 5.11 Å². The van der Waals surface area contributed by atoms with E-state index < -0.39 is 0 Å². The van der Waals surface area contributed by atoms with Crippen LogP contribution in [0.4, 0.5) is 5.69 Å². The van der Waals surface area contributed by atoms with Crippen LogP contribution < -0.4 is 5.73 Å². The summed E-state index contributed by atoms with van der Waals surface area (Å²) < 4.78 is 0. The molecule has 0 radical (unpaired) electrons. The highest BCUT2D eigenvalue weighted by Crippen LogP contribution is 2.33. The van der Waals surface area contributed by atoms with Crippen molar-refractivity contribution in [3.63, 3.8) is 0 Å². The Morgan fingerprint density at radius 2 is 1.80 bits per heavy atom. The molecular weight excluding hydrogens is 186 g/mol. The summed E-state index contributed by atoms with van der Waals surface area (Å²) in [5.41, 5.74) is 8.98. The zero-order chi connectivity index (χ0) is 10.8. The Kier molecular flexibility index (Phi) is 2.34. The Bertz CT molecular complexity index is 492. The Morgan fingerprint density at radius 3 is 2.53 bits per heavy atom. The first-order chi connectivity index (χ1) is 7.18. The molecule has 2 nitrogen and oxygen atoms in total. The van der Waals surface area contributed by atoms with Crippen molar-refractivity contribution in [2.45, 2.75) is 6.92 Å². The summed E-state index contributed by atoms with van der Waals surface area (Å²) in [5.74, 6) is 0.156. The van der Waals surface area contributed by atoms with Crippen LogP contribution in [0.5, 0.6) is 5.75 Å². The molecule has 2 aromatic rings. The summed E-state index contributed by atoms with van der Waals surface area (Å²) in [6.07, 6.45) is 0. The zero-order valence-electron chi connectivity index (χ0n) is 8.57. The molecule has 0 unspecified atom stereocenters. The van der Waals surface area contributed by atoms with Gasteiger partial charge in [-0.1, -0.05) is 42.0 Å². The van der Waals surface area contributed by atoms with E-state index in [-0.39, 0.29) is 5.75 Å². The minimum Gasteiger partial charge on any atom is -0.505 e. The van der Waals surface area contributed by atoms with Gasteiger partial charge in [0.25, 0.3) is 0 Å². The number of hydrogen-bond acceptors (Lipinski definition) is 2. The number of aryl methyl sites for hydroxylation is 1. The molecule has 0 bridgehead atoms. The molecule has 0 atom stereocenters. The van der Waals surface area contributed by atoms with Gasteiger partial charge in [0.05, 0.1) is 5.69 Å². The van der Waals surface area contributed by atoms with Gasteiger partial charge in [0.1, 0.15) is 5.75 Å². The summed E-state index contributed by atoms with van der Waals surface area (Å²) in [7, 11) is 0. The second-order valence-corrected chi connectivity index (χ2v) is 3.61. The van der Waals surface area contributed by atoms with Crippen LogP contribution in [0.2, 0.25) is 0 Å². The van der Waals surface area contributed by atoms with Gasteiger partial charge in [0.2, 0.25) is 0 Å². The van der Waals surface area contributed by atoms with Crippen LogP contribution in [-0.4, -0.2) is 5.11 Å². The van der Waals surface area contributed by atoms with Gasteiger partial charge in [0.15, 0.2) is 0 Å². The first kappa shape index (κ1) is 9.59. The topological polar surface area (TPSA) is 46.2 Å². The van der Waals surface area contributed by atoms with E-state index in [0.717, 1.165) is 16.7 Å². The number of nitrogen functional groups attached to an aromatic ring is 1. The molecule has 0 saturated heterocycles. The summed E-state index contributed by atoms with van der Waals surface area (Å²) in [4.78, 5) is 0. The van der Waals surface area contributed by atoms with E-state index in [4.69, 9.17) is 5.73 Å². The molecule has 0 aromatic heterocycles. The maximum atomic E-state index is 9.82. The van der Waals surface area contributed by atoms with Crippen LogP contribution in [-0.2, 0) is 0 Å². The number of nitrogens with two attached hydrogens (primary N) is 1. The number of rotatable bonds is 1. The van der Waals surface area contributed by atoms with Gasteiger partial charge in [0, 0.05) is 5.56 Å². The van der Waals surface area contributed by atoms with Gasteiger partial charge in [-0.15, -0.1) is 0 Å². The van der Waals surface area contributed by atoms with E-state index in [1.165, 1.54) is 0 Å². The van der Waals surface area contributed by atoms with Gasteiger partial charge < -0.3 is 10.8 Å². The van der Waals surface area contributed by atoms with Crippen molar-refractivity contribution in [2.75, 3.05) is 5.73 Å². The molecule has 0 aliphatic heterocycles. The first-order valence-corrected chi connectivity index (χ1v) is 4.83. The van der Waals surface area contributed by atoms with Gasteiger partial charge in [-0.2, -0.15) is 0 Å². The Morgan fingerprint density at radius 1 is 1.07 bits per heavy atom. The smallest absolute Gasteiger partial charge is 0.146 e. The van der Waals surface area contributed by atoms with Crippen LogP contribution in [0.15, 0.2) is 42.5 Å². The van der Waals surface area contributed by atoms with E-state index >= 15 is 0 Å². The lowest BCUT2D eigenvalue weighted by atomic mass is 10.0. The normalized spacial score (nSPS) is 10.2. The number of hydrogen-bond donors (Lipinski definition) is 2. The van der Waals surface area contributed by atoms with Crippen molar-refractivity contribution >= 4 is 5.69 Å². The lowest BCUT2D eigenvalue weighted by Crippen LogP contribution is -1.87. The maximum Gasteiger partial charge on any atom is 0.146 e. The van der Waals surface area contributed by atoms with Gasteiger partial charge in [-0.05, 0) is 18.6 Å². The second-order valence-electron chi connectivity index (χ2n) is 3.61. The van der Waals surface area contributed by atoms with Crippen molar-refractivity contribution in [1.82, 2.24) is 0 Å². The third-order valence-electron chi connectivity index (χ3n) is 2.40. The molecule has 0 spiro atoms. The Hall–Kier alpha value is -1.96. The highest BCUT2D eigenvalue weighted by atomic mass is 16.3. The molecule has 2 rings (SSSR count). The number of benzene rings is 2. The standard InChI is InChI=1S/C13H13NO/c1-9-4-2-5-10(8-9)11-6-3-7-12(14)13(11)15/h2-8,15H,14H2,1H3. The highest BCUT2D eigenvalue weighted by Gasteiger charge is 2.06. The van der Waals surface area contributed by atoms with E-state index in [0.29, 0.717) is 5.69 Å². The number of aromatic hydroxyl groups is 1. The quantitative estimate of drug-likeness (QED) is 0.548. The molecule has 2 heteroatoms. The summed E-state index contributed by atoms with van der Waals surface area (Å²) >= 11 is 0. The predicted octanol–water partition coefficient (Wildman–Crippen LogP) is 2.95. The minimum atomic E-state index is 0.156.